The van der Waals surface area contributed by atoms with E-state index in [1.807, 2.05) is 6.92 Å². The summed E-state index contributed by atoms with van der Waals surface area (Å²) in [6.07, 6.45) is 1.53. The number of nitrogens with zero attached hydrogens (tertiary/aromatic N) is 1. The SMILES string of the molecule is C=C(C)CCN1C(=O)C2CC2C1=O. The smallest absolute Gasteiger partial charge is 0.233 e. The fourth-order valence-electron chi connectivity index (χ4n) is 1.77. The van der Waals surface area contributed by atoms with Gasteiger partial charge in [0.2, 0.25) is 11.8 Å². The minimum Gasteiger partial charge on any atom is -0.282 e. The Morgan fingerprint density at radius 2 is 2.00 bits per heavy atom. The highest BCUT2D eigenvalue weighted by Gasteiger charge is 2.58. The maximum atomic E-state index is 11.4. The van der Waals surface area contributed by atoms with Gasteiger partial charge in [-0.1, -0.05) is 5.57 Å². The Labute approximate surface area is 77.4 Å². The lowest BCUT2D eigenvalue weighted by Crippen LogP contribution is -2.33. The average molecular weight is 179 g/mol. The fourth-order valence-corrected chi connectivity index (χ4v) is 1.77. The summed E-state index contributed by atoms with van der Waals surface area (Å²) in [7, 11) is 0. The van der Waals surface area contributed by atoms with Gasteiger partial charge in [0.1, 0.15) is 0 Å². The topological polar surface area (TPSA) is 37.4 Å². The molecule has 2 aliphatic rings. The fraction of sp³-hybridized carbons (Fsp3) is 0.600. The van der Waals surface area contributed by atoms with Gasteiger partial charge in [0.25, 0.3) is 0 Å². The molecule has 0 aromatic heterocycles. The van der Waals surface area contributed by atoms with Gasteiger partial charge in [-0.15, -0.1) is 6.58 Å². The van der Waals surface area contributed by atoms with E-state index in [2.05, 4.69) is 6.58 Å². The second kappa shape index (κ2) is 2.69. The van der Waals surface area contributed by atoms with Crippen molar-refractivity contribution in [3.8, 4) is 0 Å². The molecule has 1 heterocycles. The lowest BCUT2D eigenvalue weighted by Gasteiger charge is -2.15. The molecule has 3 nitrogen and oxygen atoms in total. The van der Waals surface area contributed by atoms with Gasteiger partial charge < -0.3 is 0 Å². The van der Waals surface area contributed by atoms with E-state index in [1.165, 1.54) is 4.90 Å². The van der Waals surface area contributed by atoms with Crippen LogP contribution in [-0.2, 0) is 9.59 Å². The first kappa shape index (κ1) is 8.48. The summed E-state index contributed by atoms with van der Waals surface area (Å²) >= 11 is 0. The molecule has 3 heteroatoms. The first-order valence-corrected chi connectivity index (χ1v) is 4.61. The van der Waals surface area contributed by atoms with Crippen molar-refractivity contribution in [3.63, 3.8) is 0 Å². The number of fused-ring (bicyclic) bond motifs is 1. The van der Waals surface area contributed by atoms with Crippen LogP contribution < -0.4 is 0 Å². The van der Waals surface area contributed by atoms with Gasteiger partial charge in [0, 0.05) is 6.54 Å². The van der Waals surface area contributed by atoms with Gasteiger partial charge >= 0.3 is 0 Å². The Morgan fingerprint density at radius 1 is 1.46 bits per heavy atom. The molecular formula is C10H13NO2. The second-order valence-electron chi connectivity index (χ2n) is 3.98. The van der Waals surface area contributed by atoms with Gasteiger partial charge in [-0.2, -0.15) is 0 Å². The number of imide groups is 1. The maximum Gasteiger partial charge on any atom is 0.233 e. The summed E-state index contributed by atoms with van der Waals surface area (Å²) in [4.78, 5) is 24.3. The summed E-state index contributed by atoms with van der Waals surface area (Å²) < 4.78 is 0. The summed E-state index contributed by atoms with van der Waals surface area (Å²) in [6.45, 7) is 6.18. The number of rotatable bonds is 3. The van der Waals surface area contributed by atoms with E-state index in [0.717, 1.165) is 18.4 Å². The molecule has 0 aromatic rings. The first-order valence-electron chi connectivity index (χ1n) is 4.61. The zero-order chi connectivity index (χ0) is 9.59. The van der Waals surface area contributed by atoms with E-state index in [1.54, 1.807) is 0 Å². The third-order valence-corrected chi connectivity index (χ3v) is 2.72. The minimum absolute atomic E-state index is 0.0382. The average Bonchev–Trinajstić information content (AvgIpc) is 2.77. The largest absolute Gasteiger partial charge is 0.282 e. The maximum absolute atomic E-state index is 11.4. The monoisotopic (exact) mass is 179 g/mol. The van der Waals surface area contributed by atoms with Crippen LogP contribution in [0.15, 0.2) is 12.2 Å². The molecule has 2 unspecified atom stereocenters. The van der Waals surface area contributed by atoms with Crippen LogP contribution in [0.5, 0.6) is 0 Å². The molecule has 0 spiro atoms. The lowest BCUT2D eigenvalue weighted by atomic mass is 10.2. The molecule has 0 N–H and O–H groups in total. The third-order valence-electron chi connectivity index (χ3n) is 2.72. The van der Waals surface area contributed by atoms with Crippen molar-refractivity contribution in [2.45, 2.75) is 19.8 Å². The van der Waals surface area contributed by atoms with Crippen molar-refractivity contribution in [2.24, 2.45) is 11.8 Å². The number of piperidine rings is 1. The van der Waals surface area contributed by atoms with Gasteiger partial charge in [-0.3, -0.25) is 14.5 Å². The Balaban J connectivity index is 1.96. The van der Waals surface area contributed by atoms with Crippen molar-refractivity contribution < 1.29 is 9.59 Å². The molecule has 1 saturated carbocycles. The predicted molar refractivity (Wildman–Crippen MR) is 47.7 cm³/mol. The molecule has 0 bridgehead atoms. The van der Waals surface area contributed by atoms with E-state index >= 15 is 0 Å². The number of carbonyl (C=O) groups excluding carboxylic acids is 2. The van der Waals surface area contributed by atoms with Crippen molar-refractivity contribution in [1.29, 1.82) is 0 Å². The highest BCUT2D eigenvalue weighted by molar-refractivity contribution is 6.08. The Hall–Kier alpha value is -1.12. The molecule has 1 aliphatic carbocycles. The highest BCUT2D eigenvalue weighted by Crippen LogP contribution is 2.46. The summed E-state index contributed by atoms with van der Waals surface area (Å²) in [5.41, 5.74) is 1.01. The molecule has 1 aliphatic heterocycles. The molecule has 2 atom stereocenters. The van der Waals surface area contributed by atoms with Crippen molar-refractivity contribution >= 4 is 11.8 Å². The van der Waals surface area contributed by atoms with Crippen molar-refractivity contribution in [2.75, 3.05) is 6.54 Å². The second-order valence-corrected chi connectivity index (χ2v) is 3.98. The van der Waals surface area contributed by atoms with E-state index in [4.69, 9.17) is 0 Å². The van der Waals surface area contributed by atoms with Crippen LogP contribution in [0.3, 0.4) is 0 Å². The van der Waals surface area contributed by atoms with Crippen LogP contribution in [0.2, 0.25) is 0 Å². The Bertz CT molecular complexity index is 275. The minimum atomic E-state index is 0.0382. The summed E-state index contributed by atoms with van der Waals surface area (Å²) in [5, 5.41) is 0. The molecule has 13 heavy (non-hydrogen) atoms. The van der Waals surface area contributed by atoms with Crippen LogP contribution in [0.1, 0.15) is 19.8 Å². The van der Waals surface area contributed by atoms with E-state index in [-0.39, 0.29) is 23.7 Å². The van der Waals surface area contributed by atoms with E-state index in [9.17, 15) is 9.59 Å². The van der Waals surface area contributed by atoms with Crippen LogP contribution in [0, 0.1) is 11.8 Å². The molecular weight excluding hydrogens is 166 g/mol. The standard InChI is InChI=1S/C10H13NO2/c1-6(2)3-4-11-9(12)7-5-8(7)10(11)13/h7-8H,1,3-5H2,2H3. The van der Waals surface area contributed by atoms with Crippen LogP contribution in [-0.4, -0.2) is 23.3 Å². The predicted octanol–water partition coefficient (Wildman–Crippen LogP) is 0.958. The van der Waals surface area contributed by atoms with E-state index < -0.39 is 0 Å². The number of hydrogen-bond donors (Lipinski definition) is 0. The van der Waals surface area contributed by atoms with Crippen molar-refractivity contribution in [1.82, 2.24) is 4.90 Å². The number of carbonyl (C=O) groups is 2. The zero-order valence-corrected chi connectivity index (χ0v) is 7.75. The van der Waals surface area contributed by atoms with Crippen LogP contribution in [0.4, 0.5) is 0 Å². The van der Waals surface area contributed by atoms with Gasteiger partial charge in [0.05, 0.1) is 11.8 Å². The van der Waals surface area contributed by atoms with Gasteiger partial charge in [-0.25, -0.2) is 0 Å². The van der Waals surface area contributed by atoms with Gasteiger partial charge in [-0.05, 0) is 19.8 Å². The van der Waals surface area contributed by atoms with Crippen LogP contribution >= 0.6 is 0 Å². The molecule has 70 valence electrons. The number of amides is 2. The summed E-state index contributed by atoms with van der Waals surface area (Å²) in [5.74, 6) is 0.155. The molecule has 2 fully saturated rings. The third kappa shape index (κ3) is 1.28. The Kier molecular flexibility index (Phi) is 1.75. The quantitative estimate of drug-likeness (QED) is 0.478. The van der Waals surface area contributed by atoms with Gasteiger partial charge in [0.15, 0.2) is 0 Å². The lowest BCUT2D eigenvalue weighted by molar-refractivity contribution is -0.141. The zero-order valence-electron chi connectivity index (χ0n) is 7.75. The van der Waals surface area contributed by atoms with E-state index in [0.29, 0.717) is 6.54 Å². The number of likely N-dealkylation sites (tertiary alicyclic amines) is 1. The van der Waals surface area contributed by atoms with Crippen molar-refractivity contribution in [3.05, 3.63) is 12.2 Å². The molecule has 1 saturated heterocycles. The molecule has 2 amide bonds. The molecule has 2 rings (SSSR count). The first-order chi connectivity index (χ1) is 6.11. The summed E-state index contributed by atoms with van der Waals surface area (Å²) in [6, 6.07) is 0. The van der Waals surface area contributed by atoms with Crippen LogP contribution in [0.25, 0.3) is 0 Å². The highest BCUT2D eigenvalue weighted by atomic mass is 16.2. The normalized spacial score (nSPS) is 30.7. The molecule has 0 radical (unpaired) electrons. The Morgan fingerprint density at radius 3 is 2.46 bits per heavy atom. The molecule has 0 aromatic carbocycles. The number of hydrogen-bond acceptors (Lipinski definition) is 2.